The van der Waals surface area contributed by atoms with E-state index in [4.69, 9.17) is 0 Å². The Balaban J connectivity index is 2.43. The fraction of sp³-hybridized carbons (Fsp3) is 0.250. The quantitative estimate of drug-likeness (QED) is 0.743. The molecule has 0 heterocycles. The molecule has 0 aliphatic rings. The Morgan fingerprint density at radius 3 is 2.50 bits per heavy atom. The average Bonchev–Trinajstić information content (AvgIpc) is 2.03. The van der Waals surface area contributed by atoms with E-state index in [2.05, 4.69) is 30.3 Å². The summed E-state index contributed by atoms with van der Waals surface area (Å²) in [4.78, 5) is 0. The first-order valence-corrected chi connectivity index (χ1v) is 6.73. The molecule has 0 aliphatic heterocycles. The van der Waals surface area contributed by atoms with Crippen molar-refractivity contribution in [3.8, 4) is 0 Å². The van der Waals surface area contributed by atoms with E-state index in [0.717, 1.165) is 0 Å². The minimum absolute atomic E-state index is 1.18. The number of hydrogen-bond acceptors (Lipinski definition) is 1. The molecule has 0 saturated heterocycles. The van der Waals surface area contributed by atoms with Crippen LogP contribution in [0.3, 0.4) is 0 Å². The molecule has 0 aliphatic carbocycles. The maximum atomic E-state index is 2.18. The van der Waals surface area contributed by atoms with Gasteiger partial charge in [0.25, 0.3) is 0 Å². The normalized spacial score (nSPS) is 9.70. The zero-order chi connectivity index (χ0) is 7.23. The third-order valence-corrected chi connectivity index (χ3v) is 4.02. The standard InChI is InChI=1S/C8H9S.Sn.H/c1-9-7-8-5-3-2-4-6-8;;/h2-6H,1,7H2;;. The van der Waals surface area contributed by atoms with Gasteiger partial charge >= 0.3 is 79.7 Å². The molecule has 1 aromatic carbocycles. The van der Waals surface area contributed by atoms with Crippen molar-refractivity contribution in [2.45, 2.75) is 5.75 Å². The SMILES string of the molecule is [SnH][CH2]SCc1ccccc1. The molecular weight excluding hydrogens is 247 g/mol. The maximum absolute atomic E-state index is 2.18. The Hall–Kier alpha value is 0.369. The topological polar surface area (TPSA) is 0 Å². The zero-order valence-corrected chi connectivity index (χ0v) is 9.90. The molecule has 0 unspecified atom stereocenters. The molecule has 0 nitrogen and oxygen atoms in total. The van der Waals surface area contributed by atoms with Crippen LogP contribution >= 0.6 is 11.8 Å². The van der Waals surface area contributed by atoms with Gasteiger partial charge in [0, 0.05) is 0 Å². The fourth-order valence-electron chi connectivity index (χ4n) is 0.751. The van der Waals surface area contributed by atoms with Crippen molar-refractivity contribution in [3.05, 3.63) is 35.9 Å². The van der Waals surface area contributed by atoms with Gasteiger partial charge in [-0.2, -0.15) is 0 Å². The van der Waals surface area contributed by atoms with Crippen LogP contribution in [0.1, 0.15) is 5.56 Å². The summed E-state index contributed by atoms with van der Waals surface area (Å²) in [5.41, 5.74) is 1.45. The Bertz CT molecular complexity index is 174. The summed E-state index contributed by atoms with van der Waals surface area (Å²) in [6.07, 6.45) is 0. The molecule has 0 spiro atoms. The summed E-state index contributed by atoms with van der Waals surface area (Å²) in [5.74, 6) is 1.18. The van der Waals surface area contributed by atoms with Crippen molar-refractivity contribution in [1.29, 1.82) is 0 Å². The van der Waals surface area contributed by atoms with Gasteiger partial charge in [-0.25, -0.2) is 0 Å². The summed E-state index contributed by atoms with van der Waals surface area (Å²) in [6.45, 7) is 0. The Morgan fingerprint density at radius 1 is 1.20 bits per heavy atom. The molecule has 0 atom stereocenters. The van der Waals surface area contributed by atoms with Crippen LogP contribution in [0.5, 0.6) is 0 Å². The van der Waals surface area contributed by atoms with Crippen molar-refractivity contribution in [2.75, 3.05) is 3.77 Å². The third kappa shape index (κ3) is 2.97. The third-order valence-electron chi connectivity index (χ3n) is 1.23. The van der Waals surface area contributed by atoms with Gasteiger partial charge in [-0.3, -0.25) is 0 Å². The predicted molar refractivity (Wildman–Crippen MR) is 49.8 cm³/mol. The first-order chi connectivity index (χ1) is 4.93. The summed E-state index contributed by atoms with van der Waals surface area (Å²) < 4.78 is 1.33. The Morgan fingerprint density at radius 2 is 1.90 bits per heavy atom. The van der Waals surface area contributed by atoms with Crippen LogP contribution in [0.2, 0.25) is 0 Å². The van der Waals surface area contributed by atoms with E-state index in [1.54, 1.807) is 0 Å². The molecule has 1 aromatic rings. The van der Waals surface area contributed by atoms with Crippen LogP contribution < -0.4 is 0 Å². The van der Waals surface area contributed by atoms with Crippen molar-refractivity contribution in [1.82, 2.24) is 0 Å². The number of thioether (sulfide) groups is 1. The van der Waals surface area contributed by atoms with Gasteiger partial charge < -0.3 is 0 Å². The van der Waals surface area contributed by atoms with Crippen molar-refractivity contribution in [2.24, 2.45) is 0 Å². The summed E-state index contributed by atoms with van der Waals surface area (Å²) in [5, 5.41) is 0. The van der Waals surface area contributed by atoms with Crippen LogP contribution in [-0.2, 0) is 5.75 Å². The van der Waals surface area contributed by atoms with Crippen LogP contribution in [0, 0.1) is 0 Å². The fourth-order valence-corrected chi connectivity index (χ4v) is 2.31. The van der Waals surface area contributed by atoms with Gasteiger partial charge in [0.05, 0.1) is 0 Å². The van der Waals surface area contributed by atoms with Crippen LogP contribution in [0.4, 0.5) is 0 Å². The molecule has 0 saturated carbocycles. The molecular formula is C8H10SSn. The molecule has 0 aromatic heterocycles. The number of benzene rings is 1. The second-order valence-corrected chi connectivity index (χ2v) is 5.89. The average molecular weight is 257 g/mol. The second kappa shape index (κ2) is 5.08. The van der Waals surface area contributed by atoms with E-state index >= 15 is 0 Å². The van der Waals surface area contributed by atoms with E-state index in [1.165, 1.54) is 37.6 Å². The van der Waals surface area contributed by atoms with Crippen LogP contribution in [0.25, 0.3) is 0 Å². The van der Waals surface area contributed by atoms with E-state index in [1.807, 2.05) is 11.8 Å². The molecule has 0 N–H and O–H groups in total. The summed E-state index contributed by atoms with van der Waals surface area (Å²) >= 11 is 3.39. The predicted octanol–water partition coefficient (Wildman–Crippen LogP) is 1.78. The van der Waals surface area contributed by atoms with Crippen LogP contribution in [-0.4, -0.2) is 26.3 Å². The van der Waals surface area contributed by atoms with Gasteiger partial charge in [-0.15, -0.1) is 0 Å². The molecule has 2 heteroatoms. The van der Waals surface area contributed by atoms with Crippen molar-refractivity contribution >= 4 is 34.3 Å². The first kappa shape index (κ1) is 8.47. The minimum atomic E-state index is 1.18. The molecule has 0 bridgehead atoms. The molecule has 10 heavy (non-hydrogen) atoms. The van der Waals surface area contributed by atoms with Gasteiger partial charge in [0.2, 0.25) is 0 Å². The Labute approximate surface area is 79.5 Å². The van der Waals surface area contributed by atoms with Gasteiger partial charge in [-0.1, -0.05) is 0 Å². The van der Waals surface area contributed by atoms with Gasteiger partial charge in [0.15, 0.2) is 0 Å². The second-order valence-electron chi connectivity index (χ2n) is 2.00. The van der Waals surface area contributed by atoms with Crippen LogP contribution in [0.15, 0.2) is 30.3 Å². The van der Waals surface area contributed by atoms with Crippen molar-refractivity contribution in [3.63, 3.8) is 0 Å². The van der Waals surface area contributed by atoms with E-state index in [0.29, 0.717) is 0 Å². The molecule has 52 valence electrons. The number of hydrogen-bond donors (Lipinski definition) is 0. The van der Waals surface area contributed by atoms with E-state index < -0.39 is 0 Å². The van der Waals surface area contributed by atoms with E-state index in [-0.39, 0.29) is 0 Å². The monoisotopic (exact) mass is 258 g/mol. The molecule has 1 rings (SSSR count). The summed E-state index contributed by atoms with van der Waals surface area (Å²) in [7, 11) is 0. The first-order valence-electron chi connectivity index (χ1n) is 3.25. The molecule has 0 fully saturated rings. The molecule has 2 radical (unpaired) electrons. The number of rotatable bonds is 3. The molecule has 0 amide bonds. The zero-order valence-electron chi connectivity index (χ0n) is 5.79. The van der Waals surface area contributed by atoms with Crippen molar-refractivity contribution < 1.29 is 0 Å². The van der Waals surface area contributed by atoms with Gasteiger partial charge in [-0.05, 0) is 0 Å². The van der Waals surface area contributed by atoms with Gasteiger partial charge in [0.1, 0.15) is 0 Å². The Kier molecular flexibility index (Phi) is 4.30. The van der Waals surface area contributed by atoms with E-state index in [9.17, 15) is 0 Å². The summed E-state index contributed by atoms with van der Waals surface area (Å²) in [6, 6.07) is 10.6.